The minimum atomic E-state index is -0.349. The minimum absolute atomic E-state index is 0.0245. The number of benzene rings is 1. The van der Waals surface area contributed by atoms with E-state index in [0.717, 1.165) is 35.9 Å². The molecule has 0 atom stereocenters. The van der Waals surface area contributed by atoms with Crippen LogP contribution < -0.4 is 5.56 Å². The molecule has 1 aromatic carbocycles. The lowest BCUT2D eigenvalue weighted by molar-refractivity contribution is 0.183. The lowest BCUT2D eigenvalue weighted by Crippen LogP contribution is -2.25. The zero-order valence-electron chi connectivity index (χ0n) is 15.5. The Balaban J connectivity index is 1.77. The van der Waals surface area contributed by atoms with Crippen molar-refractivity contribution >= 4 is 44.9 Å². The Bertz CT molecular complexity index is 1060. The lowest BCUT2D eigenvalue weighted by Gasteiger charge is -2.13. The summed E-state index contributed by atoms with van der Waals surface area (Å²) >= 11 is 9.11. The predicted molar refractivity (Wildman–Crippen MR) is 113 cm³/mol. The second-order valence-corrected chi connectivity index (χ2v) is 9.16. The number of thioether (sulfide) groups is 1. The van der Waals surface area contributed by atoms with E-state index in [2.05, 4.69) is 0 Å². The molecule has 28 heavy (non-hydrogen) atoms. The zero-order valence-corrected chi connectivity index (χ0v) is 17.9. The zero-order chi connectivity index (χ0) is 19.7. The van der Waals surface area contributed by atoms with Crippen molar-refractivity contribution < 1.29 is 9.13 Å². The number of methoxy groups -OCH3 is 1. The van der Waals surface area contributed by atoms with Crippen LogP contribution >= 0.6 is 34.7 Å². The van der Waals surface area contributed by atoms with E-state index in [1.807, 2.05) is 0 Å². The first-order valence-corrected chi connectivity index (χ1v) is 11.4. The van der Waals surface area contributed by atoms with Crippen molar-refractivity contribution in [2.24, 2.45) is 0 Å². The molecular formula is C20H20ClFN2O2S2. The number of ether oxygens (including phenoxy) is 1. The SMILES string of the molecule is COCCn1c(SCc2c(F)cccc2Cl)nc2sc3c(c2c1=O)CCCC3. The van der Waals surface area contributed by atoms with Crippen molar-refractivity contribution in [2.45, 2.75) is 43.1 Å². The summed E-state index contributed by atoms with van der Waals surface area (Å²) in [6, 6.07) is 4.65. The molecule has 2 heterocycles. The number of halogens is 2. The van der Waals surface area contributed by atoms with Crippen molar-refractivity contribution in [2.75, 3.05) is 13.7 Å². The highest BCUT2D eigenvalue weighted by atomic mass is 35.5. The summed E-state index contributed by atoms with van der Waals surface area (Å²) in [5.74, 6) is -0.0416. The fraction of sp³-hybridized carbons (Fsp3) is 0.400. The van der Waals surface area contributed by atoms with Gasteiger partial charge in [-0.15, -0.1) is 11.3 Å². The Morgan fingerprint density at radius 3 is 2.96 bits per heavy atom. The van der Waals surface area contributed by atoms with Gasteiger partial charge in [-0.3, -0.25) is 9.36 Å². The highest BCUT2D eigenvalue weighted by molar-refractivity contribution is 7.98. The molecule has 0 radical (unpaired) electrons. The lowest BCUT2D eigenvalue weighted by atomic mass is 9.97. The summed E-state index contributed by atoms with van der Waals surface area (Å²) in [4.78, 5) is 20.2. The van der Waals surface area contributed by atoms with Crippen molar-refractivity contribution in [3.05, 3.63) is 55.4 Å². The average Bonchev–Trinajstić information content (AvgIpc) is 3.05. The fourth-order valence-corrected chi connectivity index (χ4v) is 6.19. The first-order chi connectivity index (χ1) is 13.6. The van der Waals surface area contributed by atoms with Crippen LogP contribution in [0.25, 0.3) is 10.2 Å². The number of thiophene rings is 1. The summed E-state index contributed by atoms with van der Waals surface area (Å²) < 4.78 is 21.0. The number of fused-ring (bicyclic) bond motifs is 3. The van der Waals surface area contributed by atoms with Crippen LogP contribution in [0, 0.1) is 5.82 Å². The Morgan fingerprint density at radius 1 is 1.36 bits per heavy atom. The van der Waals surface area contributed by atoms with E-state index >= 15 is 0 Å². The first-order valence-electron chi connectivity index (χ1n) is 9.20. The number of aromatic nitrogens is 2. The van der Waals surface area contributed by atoms with Crippen LogP contribution in [-0.4, -0.2) is 23.3 Å². The van der Waals surface area contributed by atoms with Gasteiger partial charge >= 0.3 is 0 Å². The topological polar surface area (TPSA) is 44.1 Å². The van der Waals surface area contributed by atoms with Crippen LogP contribution in [0.3, 0.4) is 0 Å². The number of hydrogen-bond donors (Lipinski definition) is 0. The largest absolute Gasteiger partial charge is 0.383 e. The second-order valence-electron chi connectivity index (χ2n) is 6.72. The summed E-state index contributed by atoms with van der Waals surface area (Å²) in [7, 11) is 1.61. The predicted octanol–water partition coefficient (Wildman–Crippen LogP) is 5.07. The molecule has 2 aromatic heterocycles. The van der Waals surface area contributed by atoms with Crippen LogP contribution in [0.15, 0.2) is 28.2 Å². The quantitative estimate of drug-likeness (QED) is 0.398. The van der Waals surface area contributed by atoms with Gasteiger partial charge in [0.15, 0.2) is 5.16 Å². The molecule has 1 aliphatic carbocycles. The van der Waals surface area contributed by atoms with Gasteiger partial charge in [0.2, 0.25) is 0 Å². The third-order valence-corrected chi connectivity index (χ3v) is 7.51. The van der Waals surface area contributed by atoms with Gasteiger partial charge in [-0.05, 0) is 43.4 Å². The van der Waals surface area contributed by atoms with Crippen LogP contribution in [0.4, 0.5) is 4.39 Å². The maximum atomic E-state index is 14.1. The van der Waals surface area contributed by atoms with Crippen LogP contribution in [0.1, 0.15) is 28.8 Å². The molecule has 8 heteroatoms. The smallest absolute Gasteiger partial charge is 0.263 e. The van der Waals surface area contributed by atoms with Crippen molar-refractivity contribution in [3.63, 3.8) is 0 Å². The van der Waals surface area contributed by atoms with Crippen molar-refractivity contribution in [3.8, 4) is 0 Å². The molecular weight excluding hydrogens is 419 g/mol. The van der Waals surface area contributed by atoms with Gasteiger partial charge in [0, 0.05) is 28.3 Å². The van der Waals surface area contributed by atoms with Gasteiger partial charge in [-0.25, -0.2) is 9.37 Å². The Labute approximate surface area is 175 Å². The molecule has 0 fully saturated rings. The normalized spacial score (nSPS) is 13.8. The number of rotatable bonds is 6. The van der Waals surface area contributed by atoms with E-state index in [9.17, 15) is 9.18 Å². The molecule has 0 saturated heterocycles. The minimum Gasteiger partial charge on any atom is -0.383 e. The molecule has 148 valence electrons. The molecule has 3 aromatic rings. The second kappa shape index (κ2) is 8.53. The summed E-state index contributed by atoms with van der Waals surface area (Å²) in [6.07, 6.45) is 4.22. The van der Waals surface area contributed by atoms with E-state index in [0.29, 0.717) is 34.6 Å². The van der Waals surface area contributed by atoms with Crippen LogP contribution in [0.5, 0.6) is 0 Å². The molecule has 4 rings (SSSR count). The van der Waals surface area contributed by atoms with E-state index in [1.165, 1.54) is 28.3 Å². The van der Waals surface area contributed by atoms with Gasteiger partial charge in [0.1, 0.15) is 10.6 Å². The summed E-state index contributed by atoms with van der Waals surface area (Å²) in [5, 5.41) is 1.71. The Hall–Kier alpha value is -1.41. The van der Waals surface area contributed by atoms with Gasteiger partial charge < -0.3 is 4.74 Å². The standard InChI is InChI=1S/C20H20ClFN2O2S2/c1-26-10-9-24-19(25)17-12-5-2-3-8-16(12)28-18(17)23-20(24)27-11-13-14(21)6-4-7-15(13)22/h4,6-7H,2-3,5,8-11H2,1H3. The van der Waals surface area contributed by atoms with E-state index in [4.69, 9.17) is 21.3 Å². The molecule has 0 unspecified atom stereocenters. The molecule has 0 bridgehead atoms. The maximum Gasteiger partial charge on any atom is 0.263 e. The average molecular weight is 439 g/mol. The number of aryl methyl sites for hydroxylation is 2. The Kier molecular flexibility index (Phi) is 6.06. The van der Waals surface area contributed by atoms with Crippen molar-refractivity contribution in [1.29, 1.82) is 0 Å². The molecule has 1 aliphatic rings. The highest BCUT2D eigenvalue weighted by Crippen LogP contribution is 2.35. The highest BCUT2D eigenvalue weighted by Gasteiger charge is 2.22. The monoisotopic (exact) mass is 438 g/mol. The van der Waals surface area contributed by atoms with E-state index in [1.54, 1.807) is 35.1 Å². The number of hydrogen-bond acceptors (Lipinski definition) is 5. The summed E-state index contributed by atoms with van der Waals surface area (Å²) in [5.41, 5.74) is 1.57. The van der Waals surface area contributed by atoms with Gasteiger partial charge in [-0.2, -0.15) is 0 Å². The van der Waals surface area contributed by atoms with Crippen LogP contribution in [0.2, 0.25) is 5.02 Å². The molecule has 0 spiro atoms. The maximum absolute atomic E-state index is 14.1. The molecule has 0 amide bonds. The van der Waals surface area contributed by atoms with E-state index < -0.39 is 0 Å². The molecule has 4 nitrogen and oxygen atoms in total. The third-order valence-electron chi connectivity index (χ3n) is 4.97. The molecule has 0 saturated carbocycles. The van der Waals surface area contributed by atoms with Gasteiger partial charge in [0.25, 0.3) is 5.56 Å². The first kappa shape index (κ1) is 19.9. The van der Waals surface area contributed by atoms with Crippen molar-refractivity contribution in [1.82, 2.24) is 9.55 Å². The van der Waals surface area contributed by atoms with Gasteiger partial charge in [0.05, 0.1) is 18.5 Å². The molecule has 0 aliphatic heterocycles. The number of nitrogens with zero attached hydrogens (tertiary/aromatic N) is 2. The summed E-state index contributed by atoms with van der Waals surface area (Å²) in [6.45, 7) is 0.823. The molecule has 0 N–H and O–H groups in total. The third kappa shape index (κ3) is 3.73. The Morgan fingerprint density at radius 2 is 2.18 bits per heavy atom. The van der Waals surface area contributed by atoms with Crippen LogP contribution in [-0.2, 0) is 29.9 Å². The van der Waals surface area contributed by atoms with E-state index in [-0.39, 0.29) is 11.4 Å². The fourth-order valence-electron chi connectivity index (χ4n) is 3.52. The van der Waals surface area contributed by atoms with Gasteiger partial charge in [-0.1, -0.05) is 29.4 Å².